The lowest BCUT2D eigenvalue weighted by Crippen LogP contribution is -2.25. The van der Waals surface area contributed by atoms with Gasteiger partial charge in [0.05, 0.1) is 25.0 Å². The Bertz CT molecular complexity index is 1090. The number of hydrogen-bond donors (Lipinski definition) is 1. The summed E-state index contributed by atoms with van der Waals surface area (Å²) in [6.07, 6.45) is 2.52. The van der Waals surface area contributed by atoms with Gasteiger partial charge in [0.1, 0.15) is 5.82 Å². The first-order valence-electron chi connectivity index (χ1n) is 10.1. The van der Waals surface area contributed by atoms with E-state index in [1.165, 1.54) is 5.01 Å². The lowest BCUT2D eigenvalue weighted by Gasteiger charge is -2.12. The van der Waals surface area contributed by atoms with Crippen molar-refractivity contribution in [3.63, 3.8) is 0 Å². The molecule has 0 radical (unpaired) electrons. The molecule has 158 valence electrons. The summed E-state index contributed by atoms with van der Waals surface area (Å²) in [7, 11) is 0. The monoisotopic (exact) mass is 435 g/mol. The molecular weight excluding hydrogens is 414 g/mol. The maximum Gasteiger partial charge on any atom is 0.243 e. The van der Waals surface area contributed by atoms with Gasteiger partial charge < -0.3 is 5.32 Å². The van der Waals surface area contributed by atoms with Gasteiger partial charge in [-0.25, -0.2) is 9.69 Å². The number of aromatic nitrogens is 2. The molecule has 0 bridgehead atoms. The van der Waals surface area contributed by atoms with E-state index < -0.39 is 0 Å². The molecule has 2 aromatic carbocycles. The zero-order valence-electron chi connectivity index (χ0n) is 16.9. The van der Waals surface area contributed by atoms with E-state index in [1.807, 2.05) is 54.6 Å². The van der Waals surface area contributed by atoms with Crippen molar-refractivity contribution in [3.05, 3.63) is 83.0 Å². The van der Waals surface area contributed by atoms with Crippen LogP contribution in [0.25, 0.3) is 0 Å². The van der Waals surface area contributed by atoms with Crippen LogP contribution in [0.3, 0.4) is 0 Å². The first kappa shape index (κ1) is 20.8. The average Bonchev–Trinajstić information content (AvgIpc) is 3.44. The van der Waals surface area contributed by atoms with Gasteiger partial charge in [-0.15, -0.1) is 0 Å². The Labute approximate surface area is 185 Å². The zero-order chi connectivity index (χ0) is 21.6. The number of amides is 2. The molecule has 1 aliphatic heterocycles. The number of hydrazone groups is 1. The highest BCUT2D eigenvalue weighted by atomic mass is 35.5. The van der Waals surface area contributed by atoms with Crippen LogP contribution in [0.4, 0.5) is 5.82 Å². The fourth-order valence-electron chi connectivity index (χ4n) is 3.35. The molecule has 2 amide bonds. The molecule has 1 aromatic heterocycles. The van der Waals surface area contributed by atoms with Crippen LogP contribution < -0.4 is 5.32 Å². The highest BCUT2D eigenvalue weighted by Crippen LogP contribution is 2.16. The van der Waals surface area contributed by atoms with E-state index in [0.717, 1.165) is 16.8 Å². The summed E-state index contributed by atoms with van der Waals surface area (Å²) in [6.45, 7) is 1.04. The van der Waals surface area contributed by atoms with Gasteiger partial charge in [-0.3, -0.25) is 9.59 Å². The molecule has 31 heavy (non-hydrogen) atoms. The van der Waals surface area contributed by atoms with E-state index in [2.05, 4.69) is 15.5 Å². The molecule has 0 unspecified atom stereocenters. The summed E-state index contributed by atoms with van der Waals surface area (Å²) in [5.41, 5.74) is 2.92. The second-order valence-electron chi connectivity index (χ2n) is 7.23. The molecule has 8 heteroatoms. The normalized spacial score (nSPS) is 13.2. The van der Waals surface area contributed by atoms with Crippen LogP contribution in [0.2, 0.25) is 5.02 Å². The average molecular weight is 436 g/mol. The van der Waals surface area contributed by atoms with Crippen LogP contribution >= 0.6 is 11.6 Å². The molecule has 0 spiro atoms. The Morgan fingerprint density at radius 3 is 2.55 bits per heavy atom. The van der Waals surface area contributed by atoms with Gasteiger partial charge in [0.15, 0.2) is 0 Å². The van der Waals surface area contributed by atoms with Crippen LogP contribution in [0.1, 0.15) is 30.4 Å². The van der Waals surface area contributed by atoms with Crippen LogP contribution in [-0.4, -0.2) is 38.9 Å². The minimum atomic E-state index is -0.238. The number of anilines is 1. The van der Waals surface area contributed by atoms with E-state index in [-0.39, 0.29) is 24.7 Å². The summed E-state index contributed by atoms with van der Waals surface area (Å²) < 4.78 is 1.69. The van der Waals surface area contributed by atoms with Gasteiger partial charge in [0.25, 0.3) is 0 Å². The standard InChI is InChI=1S/C23H22ClN5O2/c24-19-8-6-17(7-9-19)16-29-21(12-14-25-29)26-22(30)10-11-23(31)28-15-13-20(27-28)18-4-2-1-3-5-18/h1-9,12,14H,10-11,13,15-16H2,(H,26,30). The second kappa shape index (κ2) is 9.57. The minimum absolute atomic E-state index is 0.0810. The van der Waals surface area contributed by atoms with Crippen molar-refractivity contribution in [2.75, 3.05) is 11.9 Å². The summed E-state index contributed by atoms with van der Waals surface area (Å²) in [5.74, 6) is 0.186. The van der Waals surface area contributed by atoms with Crippen molar-refractivity contribution in [2.45, 2.75) is 25.8 Å². The smallest absolute Gasteiger partial charge is 0.243 e. The fourth-order valence-corrected chi connectivity index (χ4v) is 3.48. The number of halogens is 1. The zero-order valence-corrected chi connectivity index (χ0v) is 17.6. The molecule has 2 heterocycles. The van der Waals surface area contributed by atoms with Gasteiger partial charge in [0, 0.05) is 30.4 Å². The SMILES string of the molecule is O=C(CCC(=O)N1CCC(c2ccccc2)=N1)Nc1ccnn1Cc1ccc(Cl)cc1. The summed E-state index contributed by atoms with van der Waals surface area (Å²) >= 11 is 5.92. The van der Waals surface area contributed by atoms with E-state index in [4.69, 9.17) is 11.6 Å². The molecule has 3 aromatic rings. The molecule has 1 N–H and O–H groups in total. The van der Waals surface area contributed by atoms with Crippen LogP contribution in [0.5, 0.6) is 0 Å². The first-order chi connectivity index (χ1) is 15.1. The highest BCUT2D eigenvalue weighted by molar-refractivity contribution is 6.30. The third kappa shape index (κ3) is 5.38. The molecule has 0 fully saturated rings. The molecule has 0 saturated heterocycles. The molecular formula is C23H22ClN5O2. The van der Waals surface area contributed by atoms with Gasteiger partial charge in [0.2, 0.25) is 11.8 Å². The summed E-state index contributed by atoms with van der Waals surface area (Å²) in [4.78, 5) is 24.9. The Morgan fingerprint density at radius 2 is 1.77 bits per heavy atom. The highest BCUT2D eigenvalue weighted by Gasteiger charge is 2.22. The quantitative estimate of drug-likeness (QED) is 0.610. The number of carbonyl (C=O) groups excluding carboxylic acids is 2. The van der Waals surface area contributed by atoms with E-state index in [0.29, 0.717) is 30.4 Å². The molecule has 1 aliphatic rings. The predicted octanol–water partition coefficient (Wildman–Crippen LogP) is 3.94. The Balaban J connectivity index is 1.29. The van der Waals surface area contributed by atoms with Crippen molar-refractivity contribution in [3.8, 4) is 0 Å². The van der Waals surface area contributed by atoms with E-state index >= 15 is 0 Å². The number of nitrogens with zero attached hydrogens (tertiary/aromatic N) is 4. The Morgan fingerprint density at radius 1 is 1.00 bits per heavy atom. The minimum Gasteiger partial charge on any atom is -0.311 e. The van der Waals surface area contributed by atoms with Crippen molar-refractivity contribution < 1.29 is 9.59 Å². The van der Waals surface area contributed by atoms with Crippen molar-refractivity contribution >= 4 is 34.9 Å². The van der Waals surface area contributed by atoms with Gasteiger partial charge in [-0.1, -0.05) is 54.1 Å². The van der Waals surface area contributed by atoms with Crippen LogP contribution in [-0.2, 0) is 16.1 Å². The molecule has 0 atom stereocenters. The fraction of sp³-hybridized carbons (Fsp3) is 0.217. The molecule has 7 nitrogen and oxygen atoms in total. The van der Waals surface area contributed by atoms with Crippen LogP contribution in [0.15, 0.2) is 72.0 Å². The van der Waals surface area contributed by atoms with Gasteiger partial charge >= 0.3 is 0 Å². The van der Waals surface area contributed by atoms with E-state index in [9.17, 15) is 9.59 Å². The largest absolute Gasteiger partial charge is 0.311 e. The molecule has 0 saturated carbocycles. The third-order valence-electron chi connectivity index (χ3n) is 4.99. The number of hydrogen-bond acceptors (Lipinski definition) is 4. The second-order valence-corrected chi connectivity index (χ2v) is 7.66. The van der Waals surface area contributed by atoms with Crippen molar-refractivity contribution in [1.82, 2.24) is 14.8 Å². The Hall–Kier alpha value is -3.45. The predicted molar refractivity (Wildman–Crippen MR) is 120 cm³/mol. The number of carbonyl (C=O) groups is 2. The van der Waals surface area contributed by atoms with E-state index in [1.54, 1.807) is 16.9 Å². The summed E-state index contributed by atoms with van der Waals surface area (Å²) in [5, 5.41) is 13.6. The summed E-state index contributed by atoms with van der Waals surface area (Å²) in [6, 6.07) is 19.0. The maximum atomic E-state index is 12.5. The van der Waals surface area contributed by atoms with Gasteiger partial charge in [-0.2, -0.15) is 10.2 Å². The lowest BCUT2D eigenvalue weighted by molar-refractivity contribution is -0.132. The van der Waals surface area contributed by atoms with Gasteiger partial charge in [-0.05, 0) is 23.3 Å². The van der Waals surface area contributed by atoms with Crippen molar-refractivity contribution in [1.29, 1.82) is 0 Å². The lowest BCUT2D eigenvalue weighted by atomic mass is 10.1. The van der Waals surface area contributed by atoms with Crippen molar-refractivity contribution in [2.24, 2.45) is 5.10 Å². The number of nitrogens with one attached hydrogen (secondary N) is 1. The topological polar surface area (TPSA) is 79.6 Å². The maximum absolute atomic E-state index is 12.5. The number of rotatable bonds is 7. The third-order valence-corrected chi connectivity index (χ3v) is 5.24. The Kier molecular flexibility index (Phi) is 6.43. The van der Waals surface area contributed by atoms with Crippen LogP contribution in [0, 0.1) is 0 Å². The first-order valence-corrected chi connectivity index (χ1v) is 10.5. The molecule has 0 aliphatic carbocycles. The molecule has 4 rings (SSSR count). The number of benzene rings is 2.